The lowest BCUT2D eigenvalue weighted by Crippen LogP contribution is -2.47. The first-order chi connectivity index (χ1) is 12.7. The fraction of sp³-hybridized carbons (Fsp3) is 0.700. The molecule has 6 nitrogen and oxygen atoms in total. The molecule has 1 aromatic rings. The fourth-order valence-electron chi connectivity index (χ4n) is 4.65. The van der Waals surface area contributed by atoms with Crippen molar-refractivity contribution in [1.82, 2.24) is 9.88 Å². The highest BCUT2D eigenvalue weighted by atomic mass is 16.5. The van der Waals surface area contributed by atoms with E-state index < -0.39 is 0 Å². The number of fused-ring (bicyclic) bond motifs is 1. The molecule has 3 aliphatic rings. The number of hydrogen-bond acceptors (Lipinski definition) is 5. The molecular formula is C20H30N4O2. The molecule has 1 aliphatic carbocycles. The van der Waals surface area contributed by atoms with E-state index in [0.29, 0.717) is 0 Å². The van der Waals surface area contributed by atoms with Crippen LogP contribution in [0.1, 0.15) is 37.7 Å². The minimum absolute atomic E-state index is 0.106. The Balaban J connectivity index is 1.22. The molecule has 1 amide bonds. The summed E-state index contributed by atoms with van der Waals surface area (Å²) in [5.41, 5.74) is 6.72. The molecule has 1 saturated heterocycles. The number of aromatic nitrogens is 1. The van der Waals surface area contributed by atoms with Crippen LogP contribution in [0.5, 0.6) is 5.75 Å². The summed E-state index contributed by atoms with van der Waals surface area (Å²) in [4.78, 5) is 20.9. The van der Waals surface area contributed by atoms with Gasteiger partial charge in [-0.1, -0.05) is 0 Å². The Labute approximate surface area is 155 Å². The number of nitrogens with two attached hydrogens (primary N) is 1. The maximum atomic E-state index is 11.3. The zero-order chi connectivity index (χ0) is 17.9. The molecule has 0 bridgehead atoms. The second-order valence-electron chi connectivity index (χ2n) is 7.95. The number of piperazine rings is 1. The van der Waals surface area contributed by atoms with Crippen LogP contribution < -0.4 is 15.4 Å². The van der Waals surface area contributed by atoms with Crippen molar-refractivity contribution in [2.24, 2.45) is 17.6 Å². The molecule has 0 radical (unpaired) electrons. The highest BCUT2D eigenvalue weighted by Crippen LogP contribution is 2.33. The third-order valence-corrected chi connectivity index (χ3v) is 6.37. The molecule has 1 saturated carbocycles. The van der Waals surface area contributed by atoms with Crippen LogP contribution in [0.4, 0.5) is 5.82 Å². The number of ether oxygens (including phenoxy) is 1. The maximum absolute atomic E-state index is 11.3. The van der Waals surface area contributed by atoms with Crippen molar-refractivity contribution in [2.75, 3.05) is 44.2 Å². The zero-order valence-electron chi connectivity index (χ0n) is 15.5. The Bertz CT molecular complexity index is 635. The lowest BCUT2D eigenvalue weighted by molar-refractivity contribution is -0.123. The van der Waals surface area contributed by atoms with Crippen LogP contribution in [-0.2, 0) is 11.2 Å². The number of carbonyl (C=O) groups excluding carboxylic acids is 1. The number of rotatable bonds is 5. The van der Waals surface area contributed by atoms with E-state index >= 15 is 0 Å². The third-order valence-electron chi connectivity index (χ3n) is 6.37. The van der Waals surface area contributed by atoms with Gasteiger partial charge in [0.25, 0.3) is 0 Å². The third kappa shape index (κ3) is 3.80. The van der Waals surface area contributed by atoms with Crippen molar-refractivity contribution in [3.8, 4) is 5.75 Å². The van der Waals surface area contributed by atoms with Gasteiger partial charge in [-0.3, -0.25) is 9.69 Å². The molecule has 1 aromatic heterocycles. The maximum Gasteiger partial charge on any atom is 0.220 e. The van der Waals surface area contributed by atoms with E-state index in [1.54, 1.807) is 0 Å². The van der Waals surface area contributed by atoms with Crippen molar-refractivity contribution in [3.05, 3.63) is 17.8 Å². The molecular weight excluding hydrogens is 328 g/mol. The van der Waals surface area contributed by atoms with E-state index in [1.165, 1.54) is 18.5 Å². The molecule has 142 valence electrons. The summed E-state index contributed by atoms with van der Waals surface area (Å²) in [6, 6.07) is 1.98. The predicted octanol–water partition coefficient (Wildman–Crippen LogP) is 1.82. The Morgan fingerprint density at radius 1 is 1.19 bits per heavy atom. The van der Waals surface area contributed by atoms with E-state index in [-0.39, 0.29) is 11.8 Å². The number of carbonyl (C=O) groups is 1. The molecule has 0 spiro atoms. The van der Waals surface area contributed by atoms with Gasteiger partial charge in [-0.2, -0.15) is 0 Å². The average molecular weight is 358 g/mol. The van der Waals surface area contributed by atoms with Crippen molar-refractivity contribution in [1.29, 1.82) is 0 Å². The number of amides is 1. The van der Waals surface area contributed by atoms with Crippen LogP contribution in [0.2, 0.25) is 0 Å². The van der Waals surface area contributed by atoms with E-state index in [2.05, 4.69) is 14.8 Å². The topological polar surface area (TPSA) is 71.7 Å². The highest BCUT2D eigenvalue weighted by molar-refractivity contribution is 5.76. The fourth-order valence-corrected chi connectivity index (χ4v) is 4.65. The Hall–Kier alpha value is -1.82. The van der Waals surface area contributed by atoms with Crippen LogP contribution in [0.25, 0.3) is 0 Å². The van der Waals surface area contributed by atoms with Crippen LogP contribution in [0.3, 0.4) is 0 Å². The Morgan fingerprint density at radius 2 is 1.96 bits per heavy atom. The Morgan fingerprint density at radius 3 is 2.69 bits per heavy atom. The number of primary amides is 1. The molecule has 2 fully saturated rings. The van der Waals surface area contributed by atoms with Gasteiger partial charge in [0, 0.05) is 50.3 Å². The summed E-state index contributed by atoms with van der Waals surface area (Å²) < 4.78 is 5.67. The van der Waals surface area contributed by atoms with Gasteiger partial charge in [-0.05, 0) is 50.6 Å². The number of anilines is 1. The van der Waals surface area contributed by atoms with Crippen LogP contribution in [0, 0.1) is 11.8 Å². The van der Waals surface area contributed by atoms with Gasteiger partial charge in [0.2, 0.25) is 5.91 Å². The Kier molecular flexibility index (Phi) is 5.29. The van der Waals surface area contributed by atoms with Crippen molar-refractivity contribution in [3.63, 3.8) is 0 Å². The summed E-state index contributed by atoms with van der Waals surface area (Å²) in [7, 11) is 0. The standard InChI is InChI=1S/C20H30N4O2/c21-19(25)16-3-1-15(2-4-16)6-9-23-10-12-24(13-11-23)20-17-7-14-26-18(17)5-8-22-20/h5,8,15-16H,1-4,6-7,9-14H2,(H2,21,25). The first-order valence-electron chi connectivity index (χ1n) is 10.1. The molecule has 6 heteroatoms. The molecule has 2 N–H and O–H groups in total. The van der Waals surface area contributed by atoms with Gasteiger partial charge in [0.15, 0.2) is 0 Å². The summed E-state index contributed by atoms with van der Waals surface area (Å²) in [6.45, 7) is 6.23. The van der Waals surface area contributed by atoms with E-state index in [0.717, 1.165) is 82.4 Å². The van der Waals surface area contributed by atoms with Crippen molar-refractivity contribution < 1.29 is 9.53 Å². The second-order valence-corrected chi connectivity index (χ2v) is 7.95. The minimum atomic E-state index is -0.106. The zero-order valence-corrected chi connectivity index (χ0v) is 15.5. The lowest BCUT2D eigenvalue weighted by atomic mass is 9.80. The van der Waals surface area contributed by atoms with Gasteiger partial charge in [-0.25, -0.2) is 4.98 Å². The predicted molar refractivity (Wildman–Crippen MR) is 101 cm³/mol. The van der Waals surface area contributed by atoms with Gasteiger partial charge in [0.1, 0.15) is 11.6 Å². The molecule has 0 aromatic carbocycles. The SMILES string of the molecule is NC(=O)C1CCC(CCN2CCN(c3nccc4c3CCO4)CC2)CC1. The molecule has 0 atom stereocenters. The first-order valence-corrected chi connectivity index (χ1v) is 10.1. The van der Waals surface area contributed by atoms with Crippen LogP contribution in [-0.4, -0.2) is 55.1 Å². The van der Waals surface area contributed by atoms with E-state index in [4.69, 9.17) is 10.5 Å². The van der Waals surface area contributed by atoms with Gasteiger partial charge >= 0.3 is 0 Å². The largest absolute Gasteiger partial charge is 0.493 e. The first kappa shape index (κ1) is 17.6. The monoisotopic (exact) mass is 358 g/mol. The van der Waals surface area contributed by atoms with E-state index in [9.17, 15) is 4.79 Å². The van der Waals surface area contributed by atoms with Crippen molar-refractivity contribution in [2.45, 2.75) is 38.5 Å². The quantitative estimate of drug-likeness (QED) is 0.869. The number of hydrogen-bond donors (Lipinski definition) is 1. The molecule has 2 aliphatic heterocycles. The molecule has 26 heavy (non-hydrogen) atoms. The molecule has 3 heterocycles. The normalized spacial score (nSPS) is 26.4. The highest BCUT2D eigenvalue weighted by Gasteiger charge is 2.27. The molecule has 4 rings (SSSR count). The van der Waals surface area contributed by atoms with Gasteiger partial charge < -0.3 is 15.4 Å². The number of nitrogens with zero attached hydrogens (tertiary/aromatic N) is 3. The lowest BCUT2D eigenvalue weighted by Gasteiger charge is -2.37. The van der Waals surface area contributed by atoms with Gasteiger partial charge in [-0.15, -0.1) is 0 Å². The smallest absolute Gasteiger partial charge is 0.220 e. The second kappa shape index (κ2) is 7.82. The van der Waals surface area contributed by atoms with Crippen molar-refractivity contribution >= 4 is 11.7 Å². The summed E-state index contributed by atoms with van der Waals surface area (Å²) in [5, 5.41) is 0. The van der Waals surface area contributed by atoms with Crippen LogP contribution >= 0.6 is 0 Å². The average Bonchev–Trinajstić information content (AvgIpc) is 3.16. The van der Waals surface area contributed by atoms with Gasteiger partial charge in [0.05, 0.1) is 6.61 Å². The van der Waals surface area contributed by atoms with E-state index in [1.807, 2.05) is 12.3 Å². The summed E-state index contributed by atoms with van der Waals surface area (Å²) in [5.74, 6) is 2.93. The molecule has 0 unspecified atom stereocenters. The summed E-state index contributed by atoms with van der Waals surface area (Å²) >= 11 is 0. The summed E-state index contributed by atoms with van der Waals surface area (Å²) in [6.07, 6.45) is 8.39. The van der Waals surface area contributed by atoms with Crippen LogP contribution in [0.15, 0.2) is 12.3 Å². The number of pyridine rings is 1. The minimum Gasteiger partial charge on any atom is -0.493 e.